The van der Waals surface area contributed by atoms with Crippen molar-refractivity contribution in [2.24, 2.45) is 5.92 Å². The summed E-state index contributed by atoms with van der Waals surface area (Å²) in [7, 11) is 0. The molecule has 0 bridgehead atoms. The number of ether oxygens (including phenoxy) is 1. The summed E-state index contributed by atoms with van der Waals surface area (Å²) in [6.07, 6.45) is -1.26. The Kier molecular flexibility index (Phi) is 6.65. The van der Waals surface area contributed by atoms with E-state index in [0.717, 1.165) is 4.47 Å². The number of carbonyl (C=O) groups excluding carboxylic acids is 4. The zero-order chi connectivity index (χ0) is 23.7. The number of benzene rings is 3. The largest absolute Gasteiger partial charge is 0.453 e. The molecule has 1 aliphatic heterocycles. The second-order valence-corrected chi connectivity index (χ2v) is 8.94. The van der Waals surface area contributed by atoms with Crippen molar-refractivity contribution in [2.75, 3.05) is 5.32 Å². The van der Waals surface area contributed by atoms with Crippen LogP contribution in [0.5, 0.6) is 0 Å². The quantitative estimate of drug-likeness (QED) is 0.186. The molecule has 0 fully saturated rings. The van der Waals surface area contributed by atoms with Gasteiger partial charge in [0.1, 0.15) is 12.0 Å². The van der Waals surface area contributed by atoms with Crippen LogP contribution in [0.3, 0.4) is 0 Å². The van der Waals surface area contributed by atoms with E-state index < -0.39 is 35.5 Å². The van der Waals surface area contributed by atoms with Crippen LogP contribution in [0.25, 0.3) is 0 Å². The Morgan fingerprint density at radius 1 is 0.939 bits per heavy atom. The van der Waals surface area contributed by atoms with Gasteiger partial charge in [0.05, 0.1) is 15.6 Å². The number of rotatable bonds is 6. The minimum absolute atomic E-state index is 0.0552. The van der Waals surface area contributed by atoms with Crippen LogP contribution in [-0.4, -0.2) is 23.4 Å². The van der Waals surface area contributed by atoms with Crippen molar-refractivity contribution in [1.82, 2.24) is 0 Å². The fraction of sp³-hybridized carbons (Fsp3) is 0.0833. The molecule has 9 heteroatoms. The highest BCUT2D eigenvalue weighted by Gasteiger charge is 2.46. The van der Waals surface area contributed by atoms with Gasteiger partial charge in [-0.3, -0.25) is 14.4 Å². The number of cyclic esters (lactones) is 1. The van der Waals surface area contributed by atoms with E-state index in [-0.39, 0.29) is 21.2 Å². The monoisotopic (exact) mass is 545 g/mol. The Morgan fingerprint density at radius 2 is 1.64 bits per heavy atom. The Balaban J connectivity index is 1.72. The van der Waals surface area contributed by atoms with Crippen molar-refractivity contribution in [3.8, 4) is 0 Å². The first kappa shape index (κ1) is 23.2. The van der Waals surface area contributed by atoms with Gasteiger partial charge in [0.2, 0.25) is 5.78 Å². The Hall–Kier alpha value is -3.00. The maximum atomic E-state index is 13.5. The van der Waals surface area contributed by atoms with Gasteiger partial charge in [0.15, 0.2) is 5.78 Å². The molecule has 1 amide bonds. The number of ketones is 2. The summed E-state index contributed by atoms with van der Waals surface area (Å²) in [5.41, 5.74) is 1.00. The molecular weight excluding hydrogens is 533 g/mol. The van der Waals surface area contributed by atoms with E-state index in [1.165, 1.54) is 24.3 Å². The third-order valence-electron chi connectivity index (χ3n) is 5.12. The molecule has 1 aliphatic rings. The van der Waals surface area contributed by atoms with Gasteiger partial charge in [-0.05, 0) is 48.5 Å². The highest BCUT2D eigenvalue weighted by Crippen LogP contribution is 2.38. The summed E-state index contributed by atoms with van der Waals surface area (Å²) >= 11 is 15.3. The van der Waals surface area contributed by atoms with Crippen molar-refractivity contribution in [2.45, 2.75) is 6.10 Å². The van der Waals surface area contributed by atoms with Crippen LogP contribution in [0.15, 0.2) is 71.2 Å². The lowest BCUT2D eigenvalue weighted by atomic mass is 9.84. The van der Waals surface area contributed by atoms with Crippen LogP contribution in [0, 0.1) is 5.92 Å². The average Bonchev–Trinajstić information content (AvgIpc) is 3.13. The SMILES string of the molecule is O=C(Nc1ccc(Br)cc1)C(=O)[C@@H](C(=O)c1ccc(Cl)c(Cl)c1)[C@@H]1OC(=O)c2ccccc21. The molecule has 1 heterocycles. The summed E-state index contributed by atoms with van der Waals surface area (Å²) in [6, 6.07) is 17.1. The smallest absolute Gasteiger partial charge is 0.339 e. The molecule has 3 aromatic rings. The van der Waals surface area contributed by atoms with Gasteiger partial charge in [-0.1, -0.05) is 57.3 Å². The van der Waals surface area contributed by atoms with Gasteiger partial charge in [-0.25, -0.2) is 4.79 Å². The lowest BCUT2D eigenvalue weighted by molar-refractivity contribution is -0.138. The number of anilines is 1. The van der Waals surface area contributed by atoms with E-state index >= 15 is 0 Å². The number of esters is 1. The highest BCUT2D eigenvalue weighted by atomic mass is 79.9. The van der Waals surface area contributed by atoms with E-state index in [1.807, 2.05) is 0 Å². The zero-order valence-corrected chi connectivity index (χ0v) is 19.8. The normalized spacial score (nSPS) is 15.4. The summed E-state index contributed by atoms with van der Waals surface area (Å²) in [5, 5.41) is 2.82. The van der Waals surface area contributed by atoms with Gasteiger partial charge in [0, 0.05) is 21.3 Å². The molecule has 2 atom stereocenters. The van der Waals surface area contributed by atoms with E-state index in [4.69, 9.17) is 27.9 Å². The number of nitrogens with one attached hydrogen (secondary N) is 1. The average molecular weight is 547 g/mol. The first-order valence-electron chi connectivity index (χ1n) is 9.66. The molecule has 0 unspecified atom stereocenters. The number of amides is 1. The molecule has 0 radical (unpaired) electrons. The lowest BCUT2D eigenvalue weighted by Crippen LogP contribution is -2.38. The van der Waals surface area contributed by atoms with E-state index in [0.29, 0.717) is 11.3 Å². The van der Waals surface area contributed by atoms with Gasteiger partial charge in [-0.15, -0.1) is 0 Å². The van der Waals surface area contributed by atoms with Gasteiger partial charge >= 0.3 is 5.97 Å². The molecule has 1 N–H and O–H groups in total. The van der Waals surface area contributed by atoms with Crippen LogP contribution in [-0.2, 0) is 14.3 Å². The van der Waals surface area contributed by atoms with Crippen LogP contribution in [0.4, 0.5) is 5.69 Å². The van der Waals surface area contributed by atoms with Crippen LogP contribution in [0.2, 0.25) is 10.0 Å². The number of Topliss-reactive ketones (excluding diaryl/α,β-unsaturated/α-hetero) is 2. The molecule has 0 aliphatic carbocycles. The van der Waals surface area contributed by atoms with E-state index in [9.17, 15) is 19.2 Å². The molecule has 166 valence electrons. The topological polar surface area (TPSA) is 89.5 Å². The van der Waals surface area contributed by atoms with E-state index in [1.54, 1.807) is 42.5 Å². The van der Waals surface area contributed by atoms with Gasteiger partial charge < -0.3 is 10.1 Å². The second-order valence-electron chi connectivity index (χ2n) is 7.21. The molecular formula is C24H14BrCl2NO5. The van der Waals surface area contributed by atoms with Crippen LogP contribution >= 0.6 is 39.1 Å². The summed E-state index contributed by atoms with van der Waals surface area (Å²) < 4.78 is 6.19. The molecule has 0 aromatic heterocycles. The predicted molar refractivity (Wildman–Crippen MR) is 127 cm³/mol. The molecule has 0 saturated carbocycles. The lowest BCUT2D eigenvalue weighted by Gasteiger charge is -2.21. The van der Waals surface area contributed by atoms with Crippen molar-refractivity contribution in [3.63, 3.8) is 0 Å². The molecule has 0 spiro atoms. The predicted octanol–water partition coefficient (Wildman–Crippen LogP) is 5.67. The fourth-order valence-corrected chi connectivity index (χ4v) is 4.07. The number of hydrogen-bond acceptors (Lipinski definition) is 5. The van der Waals surface area contributed by atoms with Gasteiger partial charge in [0.25, 0.3) is 5.91 Å². The molecule has 0 saturated heterocycles. The number of fused-ring (bicyclic) bond motifs is 1. The molecule has 6 nitrogen and oxygen atoms in total. The number of carbonyl (C=O) groups is 4. The van der Waals surface area contributed by atoms with Crippen molar-refractivity contribution in [3.05, 3.63) is 97.9 Å². The molecule has 3 aromatic carbocycles. The summed E-state index contributed by atoms with van der Waals surface area (Å²) in [6.45, 7) is 0. The zero-order valence-electron chi connectivity index (χ0n) is 16.7. The third kappa shape index (κ3) is 4.71. The summed E-state index contributed by atoms with van der Waals surface area (Å²) in [4.78, 5) is 51.9. The first-order valence-corrected chi connectivity index (χ1v) is 11.2. The fourth-order valence-electron chi connectivity index (χ4n) is 3.51. The van der Waals surface area contributed by atoms with Crippen molar-refractivity contribution in [1.29, 1.82) is 0 Å². The van der Waals surface area contributed by atoms with Crippen LogP contribution in [0.1, 0.15) is 32.4 Å². The van der Waals surface area contributed by atoms with Crippen LogP contribution < -0.4 is 5.32 Å². The van der Waals surface area contributed by atoms with E-state index in [2.05, 4.69) is 21.2 Å². The Bertz CT molecular complexity index is 1290. The molecule has 33 heavy (non-hydrogen) atoms. The number of halogens is 3. The Labute approximate surface area is 207 Å². The third-order valence-corrected chi connectivity index (χ3v) is 6.39. The minimum Gasteiger partial charge on any atom is -0.453 e. The van der Waals surface area contributed by atoms with Gasteiger partial charge in [-0.2, -0.15) is 0 Å². The standard InChI is InChI=1S/C24H14BrCl2NO5/c25-13-6-8-14(9-7-13)28-23(31)21(30)19(20(29)12-5-10-17(26)18(27)11-12)22-15-3-1-2-4-16(15)24(32)33-22/h1-11,19,22H,(H,28,31)/t19-,22-/m1/s1. The first-order chi connectivity index (χ1) is 15.8. The second kappa shape index (κ2) is 9.47. The minimum atomic E-state index is -1.62. The number of hydrogen-bond donors (Lipinski definition) is 1. The van der Waals surface area contributed by atoms with Crippen molar-refractivity contribution < 1.29 is 23.9 Å². The Morgan fingerprint density at radius 3 is 2.33 bits per heavy atom. The van der Waals surface area contributed by atoms with Crippen molar-refractivity contribution >= 4 is 68.3 Å². The molecule has 4 rings (SSSR count). The maximum Gasteiger partial charge on any atom is 0.339 e. The summed E-state index contributed by atoms with van der Waals surface area (Å²) in [5.74, 6) is -5.09. The highest BCUT2D eigenvalue weighted by molar-refractivity contribution is 9.10. The maximum absolute atomic E-state index is 13.5.